The first-order valence-corrected chi connectivity index (χ1v) is 8.48. The Balaban J connectivity index is 1.83. The number of aromatic nitrogens is 2. The zero-order valence-electron chi connectivity index (χ0n) is 14.2. The number of amides is 1. The van der Waals surface area contributed by atoms with E-state index in [1.165, 1.54) is 11.8 Å². The van der Waals surface area contributed by atoms with Crippen molar-refractivity contribution in [3.8, 4) is 0 Å². The Morgan fingerprint density at radius 2 is 1.88 bits per heavy atom. The highest BCUT2D eigenvalue weighted by Gasteiger charge is 2.16. The van der Waals surface area contributed by atoms with E-state index in [2.05, 4.69) is 24.3 Å². The Morgan fingerprint density at radius 1 is 1.25 bits per heavy atom. The fourth-order valence-electron chi connectivity index (χ4n) is 2.39. The highest BCUT2D eigenvalue weighted by Crippen LogP contribution is 2.18. The molecule has 0 bridgehead atoms. The van der Waals surface area contributed by atoms with Crippen LogP contribution < -0.4 is 5.32 Å². The molecule has 0 spiro atoms. The maximum Gasteiger partial charge on any atom is 0.224 e. The number of rotatable bonds is 7. The normalized spacial score (nSPS) is 13.8. The van der Waals surface area contributed by atoms with Gasteiger partial charge in [-0.3, -0.25) is 9.48 Å². The predicted molar refractivity (Wildman–Crippen MR) is 94.9 cm³/mol. The van der Waals surface area contributed by atoms with Crippen molar-refractivity contribution < 1.29 is 9.90 Å². The van der Waals surface area contributed by atoms with Gasteiger partial charge in [-0.15, -0.1) is 0 Å². The van der Waals surface area contributed by atoms with Crippen LogP contribution >= 0.6 is 11.6 Å². The lowest BCUT2D eigenvalue weighted by molar-refractivity contribution is -0.125. The summed E-state index contributed by atoms with van der Waals surface area (Å²) in [5.74, 6) is 0.0588. The van der Waals surface area contributed by atoms with Crippen LogP contribution in [0.2, 0.25) is 5.02 Å². The summed E-state index contributed by atoms with van der Waals surface area (Å²) in [6.45, 7) is 6.69. The molecule has 1 heterocycles. The van der Waals surface area contributed by atoms with E-state index < -0.39 is 6.10 Å². The summed E-state index contributed by atoms with van der Waals surface area (Å²) in [5, 5.41) is 17.6. The van der Waals surface area contributed by atoms with Crippen molar-refractivity contribution in [1.29, 1.82) is 0 Å². The summed E-state index contributed by atoms with van der Waals surface area (Å²) in [6.07, 6.45) is 2.49. The summed E-state index contributed by atoms with van der Waals surface area (Å²) in [5.41, 5.74) is 2.02. The number of carbonyl (C=O) groups excluding carboxylic acids is 1. The molecule has 1 aromatic carbocycles. The van der Waals surface area contributed by atoms with Gasteiger partial charge in [-0.05, 0) is 17.0 Å². The molecule has 24 heavy (non-hydrogen) atoms. The van der Waals surface area contributed by atoms with Gasteiger partial charge in [0.1, 0.15) is 0 Å². The molecule has 5 nitrogen and oxygen atoms in total. The fourth-order valence-corrected chi connectivity index (χ4v) is 2.55. The number of hydrogen-bond donors (Lipinski definition) is 2. The third-order valence-corrected chi connectivity index (χ3v) is 4.16. The molecule has 6 heteroatoms. The number of nitrogens with one attached hydrogen (secondary N) is 1. The summed E-state index contributed by atoms with van der Waals surface area (Å²) in [7, 11) is 0. The van der Waals surface area contributed by atoms with Crippen LogP contribution in [0.4, 0.5) is 0 Å². The van der Waals surface area contributed by atoms with Crippen LogP contribution in [0.15, 0.2) is 36.7 Å². The lowest BCUT2D eigenvalue weighted by Crippen LogP contribution is -2.34. The molecular weight excluding hydrogens is 326 g/mol. The number of benzene rings is 1. The maximum absolute atomic E-state index is 12.1. The minimum absolute atomic E-state index is 0.125. The lowest BCUT2D eigenvalue weighted by atomic mass is 10.00. The monoisotopic (exact) mass is 349 g/mol. The average Bonchev–Trinajstić information content (AvgIpc) is 2.97. The van der Waals surface area contributed by atoms with E-state index in [0.717, 1.165) is 5.56 Å². The van der Waals surface area contributed by atoms with Crippen molar-refractivity contribution in [3.63, 3.8) is 0 Å². The minimum Gasteiger partial charge on any atom is -0.387 e. The van der Waals surface area contributed by atoms with E-state index in [1.807, 2.05) is 31.2 Å². The first-order valence-electron chi connectivity index (χ1n) is 8.10. The van der Waals surface area contributed by atoms with E-state index in [1.54, 1.807) is 10.9 Å². The fraction of sp³-hybridized carbons (Fsp3) is 0.444. The molecule has 0 saturated heterocycles. The SMILES string of the molecule is CC(Cn1cc(Cl)cn1)C(=O)NCC(O)c1ccc(C(C)C)cc1. The van der Waals surface area contributed by atoms with Gasteiger partial charge in [0.2, 0.25) is 5.91 Å². The number of aliphatic hydroxyl groups excluding tert-OH is 1. The van der Waals surface area contributed by atoms with Crippen molar-refractivity contribution in [3.05, 3.63) is 52.8 Å². The second kappa shape index (κ2) is 8.31. The molecule has 2 N–H and O–H groups in total. The molecule has 2 aromatic rings. The van der Waals surface area contributed by atoms with E-state index in [4.69, 9.17) is 11.6 Å². The minimum atomic E-state index is -0.721. The van der Waals surface area contributed by atoms with Gasteiger partial charge in [-0.2, -0.15) is 5.10 Å². The molecule has 0 saturated carbocycles. The molecule has 2 atom stereocenters. The largest absolute Gasteiger partial charge is 0.387 e. The molecule has 130 valence electrons. The van der Waals surface area contributed by atoms with E-state index in [-0.39, 0.29) is 18.4 Å². The first-order chi connectivity index (χ1) is 11.4. The molecule has 0 radical (unpaired) electrons. The number of nitrogens with zero attached hydrogens (tertiary/aromatic N) is 2. The second-order valence-electron chi connectivity index (χ2n) is 6.36. The standard InChI is InChI=1S/C18H24ClN3O2/c1-12(2)14-4-6-15(7-5-14)17(23)9-20-18(24)13(3)10-22-11-16(19)8-21-22/h4-8,11-13,17,23H,9-10H2,1-3H3,(H,20,24). The average molecular weight is 350 g/mol. The molecule has 0 aliphatic carbocycles. The van der Waals surface area contributed by atoms with Crippen molar-refractivity contribution in [2.75, 3.05) is 6.54 Å². The zero-order chi connectivity index (χ0) is 17.7. The van der Waals surface area contributed by atoms with Crippen LogP contribution in [0.3, 0.4) is 0 Å². The third kappa shape index (κ3) is 5.08. The maximum atomic E-state index is 12.1. The summed E-state index contributed by atoms with van der Waals surface area (Å²) >= 11 is 5.81. The highest BCUT2D eigenvalue weighted by atomic mass is 35.5. The van der Waals surface area contributed by atoms with Gasteiger partial charge < -0.3 is 10.4 Å². The molecule has 1 amide bonds. The van der Waals surface area contributed by atoms with Gasteiger partial charge in [-0.1, -0.05) is 56.6 Å². The van der Waals surface area contributed by atoms with Crippen molar-refractivity contribution in [1.82, 2.24) is 15.1 Å². The quantitative estimate of drug-likeness (QED) is 0.807. The number of carbonyl (C=O) groups is 1. The van der Waals surface area contributed by atoms with Crippen molar-refractivity contribution >= 4 is 17.5 Å². The van der Waals surface area contributed by atoms with Gasteiger partial charge in [0, 0.05) is 12.7 Å². The predicted octanol–water partition coefficient (Wildman–Crippen LogP) is 3.15. The van der Waals surface area contributed by atoms with Crippen LogP contribution in [0.5, 0.6) is 0 Å². The van der Waals surface area contributed by atoms with Crippen LogP contribution in [-0.2, 0) is 11.3 Å². The molecule has 0 fully saturated rings. The Bertz CT molecular complexity index is 667. The van der Waals surface area contributed by atoms with Gasteiger partial charge in [-0.25, -0.2) is 0 Å². The smallest absolute Gasteiger partial charge is 0.224 e. The van der Waals surface area contributed by atoms with Gasteiger partial charge in [0.05, 0.1) is 29.8 Å². The number of aliphatic hydroxyl groups is 1. The van der Waals surface area contributed by atoms with Crippen LogP contribution in [-0.4, -0.2) is 27.3 Å². The third-order valence-electron chi connectivity index (χ3n) is 3.97. The Hall–Kier alpha value is -1.85. The van der Waals surface area contributed by atoms with Crippen LogP contribution in [0.25, 0.3) is 0 Å². The summed E-state index contributed by atoms with van der Waals surface area (Å²) in [6, 6.07) is 7.83. The van der Waals surface area contributed by atoms with Crippen molar-refractivity contribution in [2.45, 2.75) is 39.3 Å². The summed E-state index contributed by atoms with van der Waals surface area (Å²) < 4.78 is 1.63. The number of halogens is 1. The highest BCUT2D eigenvalue weighted by molar-refractivity contribution is 6.30. The molecule has 2 rings (SSSR count). The lowest BCUT2D eigenvalue weighted by Gasteiger charge is -2.16. The van der Waals surface area contributed by atoms with Gasteiger partial charge in [0.15, 0.2) is 0 Å². The second-order valence-corrected chi connectivity index (χ2v) is 6.80. The zero-order valence-corrected chi connectivity index (χ0v) is 15.0. The molecule has 0 aliphatic heterocycles. The molecular formula is C18H24ClN3O2. The van der Waals surface area contributed by atoms with Crippen molar-refractivity contribution in [2.24, 2.45) is 5.92 Å². The van der Waals surface area contributed by atoms with E-state index in [0.29, 0.717) is 17.5 Å². The number of hydrogen-bond acceptors (Lipinski definition) is 3. The topological polar surface area (TPSA) is 67.2 Å². The van der Waals surface area contributed by atoms with Gasteiger partial charge >= 0.3 is 0 Å². The molecule has 0 aliphatic rings. The Labute approximate surface area is 147 Å². The molecule has 1 aromatic heterocycles. The van der Waals surface area contributed by atoms with Crippen LogP contribution in [0.1, 0.15) is 43.9 Å². The van der Waals surface area contributed by atoms with E-state index >= 15 is 0 Å². The van der Waals surface area contributed by atoms with E-state index in [9.17, 15) is 9.90 Å². The summed E-state index contributed by atoms with van der Waals surface area (Å²) in [4.78, 5) is 12.1. The first kappa shape index (κ1) is 18.5. The Kier molecular flexibility index (Phi) is 6.40. The van der Waals surface area contributed by atoms with Crippen LogP contribution in [0, 0.1) is 5.92 Å². The Morgan fingerprint density at radius 3 is 2.42 bits per heavy atom. The molecule has 2 unspecified atom stereocenters. The van der Waals surface area contributed by atoms with Gasteiger partial charge in [0.25, 0.3) is 0 Å².